The molecule has 1 heterocycles. The van der Waals surface area contributed by atoms with Crippen LogP contribution in [0, 0.1) is 24.4 Å². The number of rotatable bonds is 8. The topological polar surface area (TPSA) is 72.1 Å². The number of cyclic esters (lactones) is 1. The molecule has 0 aliphatic carbocycles. The van der Waals surface area contributed by atoms with Crippen LogP contribution in [0.15, 0.2) is 30.8 Å². The molecule has 1 fully saturated rings. The number of nitrogens with zero attached hydrogens (tertiary/aromatic N) is 1. The number of hydroxylamine groups is 3. The fourth-order valence-corrected chi connectivity index (χ4v) is 2.89. The molecule has 0 radical (unpaired) electrons. The Morgan fingerprint density at radius 1 is 1.23 bits per heavy atom. The van der Waals surface area contributed by atoms with Crippen LogP contribution < -0.4 is 10.8 Å². The number of carbonyl (C=O) groups excluding carboxylic acids is 1. The summed E-state index contributed by atoms with van der Waals surface area (Å²) in [6.45, 7) is 7.23. The van der Waals surface area contributed by atoms with E-state index in [0.29, 0.717) is 5.56 Å². The van der Waals surface area contributed by atoms with Crippen molar-refractivity contribution in [2.24, 2.45) is 0 Å². The molecule has 1 aliphatic rings. The molecule has 0 saturated carbocycles. The van der Waals surface area contributed by atoms with Crippen molar-refractivity contribution >= 4 is 23.2 Å². The molecule has 0 unspecified atom stereocenters. The Morgan fingerprint density at radius 2 is 2.00 bits per heavy atom. The summed E-state index contributed by atoms with van der Waals surface area (Å²) in [5, 5.41) is 3.38. The molecule has 2 aromatic rings. The third kappa shape index (κ3) is 5.09. The van der Waals surface area contributed by atoms with Gasteiger partial charge >= 0.3 is 6.09 Å². The van der Waals surface area contributed by atoms with E-state index in [4.69, 9.17) is 14.4 Å². The Hall–Kier alpha value is -3.24. The monoisotopic (exact) mass is 437 g/mol. The number of amides is 1. The van der Waals surface area contributed by atoms with Gasteiger partial charge in [0.1, 0.15) is 19.0 Å². The zero-order valence-electron chi connectivity index (χ0n) is 17.1. The fraction of sp³-hybridized carbons (Fsp3) is 0.286. The lowest BCUT2D eigenvalue weighted by atomic mass is 10.0. The smallest absolute Gasteiger partial charge is 0.434 e. The van der Waals surface area contributed by atoms with Gasteiger partial charge in [0.25, 0.3) is 0 Å². The predicted molar refractivity (Wildman–Crippen MR) is 107 cm³/mol. The third-order valence-electron chi connectivity index (χ3n) is 4.40. The molecular formula is C21H22F3N3O4. The summed E-state index contributed by atoms with van der Waals surface area (Å²) < 4.78 is 49.1. The van der Waals surface area contributed by atoms with Crippen LogP contribution in [0.4, 0.5) is 29.3 Å². The molecule has 0 spiro atoms. The second-order valence-corrected chi connectivity index (χ2v) is 6.69. The minimum atomic E-state index is -1.28. The van der Waals surface area contributed by atoms with E-state index in [2.05, 4.69) is 17.4 Å². The molecule has 0 atom stereocenters. The molecule has 2 N–H and O–H groups in total. The van der Waals surface area contributed by atoms with Gasteiger partial charge in [0, 0.05) is 11.1 Å². The average Bonchev–Trinajstić information content (AvgIpc) is 2.74. The summed E-state index contributed by atoms with van der Waals surface area (Å²) in [7, 11) is 0. The number of nitrogens with one attached hydrogen (secondary N) is 2. The van der Waals surface area contributed by atoms with E-state index >= 15 is 4.39 Å². The maximum atomic E-state index is 15.1. The van der Waals surface area contributed by atoms with Gasteiger partial charge in [0.05, 0.1) is 30.2 Å². The van der Waals surface area contributed by atoms with Crippen LogP contribution in [0.5, 0.6) is 0 Å². The number of carbonyl (C=O) groups is 1. The highest BCUT2D eigenvalue weighted by Crippen LogP contribution is 2.33. The van der Waals surface area contributed by atoms with Crippen molar-refractivity contribution in [3.63, 3.8) is 0 Å². The van der Waals surface area contributed by atoms with Gasteiger partial charge in [-0.25, -0.2) is 18.0 Å². The lowest BCUT2D eigenvalue weighted by Gasteiger charge is -2.26. The van der Waals surface area contributed by atoms with Crippen LogP contribution in [-0.2, 0) is 21.0 Å². The number of halogens is 3. The third-order valence-corrected chi connectivity index (χ3v) is 4.40. The van der Waals surface area contributed by atoms with E-state index in [1.807, 2.05) is 0 Å². The minimum Gasteiger partial charge on any atom is -0.445 e. The van der Waals surface area contributed by atoms with E-state index in [0.717, 1.165) is 5.06 Å². The van der Waals surface area contributed by atoms with Crippen LogP contribution in [0.25, 0.3) is 5.70 Å². The summed E-state index contributed by atoms with van der Waals surface area (Å²) in [6, 6.07) is 5.57. The van der Waals surface area contributed by atoms with Crippen LogP contribution in [0.2, 0.25) is 0 Å². The fourth-order valence-electron chi connectivity index (χ4n) is 2.89. The van der Waals surface area contributed by atoms with E-state index in [1.54, 1.807) is 19.9 Å². The van der Waals surface area contributed by atoms with Gasteiger partial charge in [0.15, 0.2) is 11.6 Å². The van der Waals surface area contributed by atoms with E-state index in [1.165, 1.54) is 18.2 Å². The molecule has 1 saturated heterocycles. The SMILES string of the molecule is C=C(NOCC)c1cc(CN2OCCOC2=O)c(F)c(F)c1Nc1ccc(C)cc1F. The molecule has 10 heteroatoms. The lowest BCUT2D eigenvalue weighted by molar-refractivity contribution is -0.181. The van der Waals surface area contributed by atoms with Crippen molar-refractivity contribution in [1.82, 2.24) is 10.5 Å². The van der Waals surface area contributed by atoms with Crippen LogP contribution >= 0.6 is 0 Å². The Kier molecular flexibility index (Phi) is 7.03. The summed E-state index contributed by atoms with van der Waals surface area (Å²) >= 11 is 0. The number of hydrogen-bond acceptors (Lipinski definition) is 6. The maximum absolute atomic E-state index is 15.1. The Morgan fingerprint density at radius 3 is 2.68 bits per heavy atom. The minimum absolute atomic E-state index is 0.0509. The van der Waals surface area contributed by atoms with Crippen LogP contribution in [0.1, 0.15) is 23.6 Å². The summed E-state index contributed by atoms with van der Waals surface area (Å²) in [4.78, 5) is 22.0. The van der Waals surface area contributed by atoms with E-state index in [-0.39, 0.29) is 48.0 Å². The normalized spacial score (nSPS) is 13.7. The first kappa shape index (κ1) is 22.4. The van der Waals surface area contributed by atoms with E-state index < -0.39 is 30.1 Å². The quantitative estimate of drug-likeness (QED) is 0.591. The van der Waals surface area contributed by atoms with Crippen molar-refractivity contribution < 1.29 is 32.4 Å². The number of anilines is 2. The summed E-state index contributed by atoms with van der Waals surface area (Å²) in [5.41, 5.74) is 2.78. The molecule has 2 aromatic carbocycles. The lowest BCUT2D eigenvalue weighted by Crippen LogP contribution is -2.38. The van der Waals surface area contributed by atoms with E-state index in [9.17, 15) is 13.6 Å². The Labute approximate surface area is 177 Å². The molecule has 166 valence electrons. The molecule has 0 bridgehead atoms. The molecule has 31 heavy (non-hydrogen) atoms. The van der Waals surface area contributed by atoms with Gasteiger partial charge in [-0.15, -0.1) is 0 Å². The molecule has 1 amide bonds. The standard InChI is InChI=1S/C21H22F3N3O4/c1-4-30-26-13(3)15-10-14(11-27-21(28)29-7-8-31-27)18(23)19(24)20(15)25-17-6-5-12(2)9-16(17)22/h5-6,9-10,25-26H,3-4,7-8,11H2,1-2H3. The highest BCUT2D eigenvalue weighted by atomic mass is 19.2. The predicted octanol–water partition coefficient (Wildman–Crippen LogP) is 4.55. The summed E-state index contributed by atoms with van der Waals surface area (Å²) in [5.74, 6) is -3.15. The molecule has 7 nitrogen and oxygen atoms in total. The van der Waals surface area contributed by atoms with Gasteiger partial charge < -0.3 is 10.1 Å². The second kappa shape index (κ2) is 9.71. The zero-order chi connectivity index (χ0) is 22.5. The van der Waals surface area contributed by atoms with Gasteiger partial charge in [-0.2, -0.15) is 5.06 Å². The first-order valence-electron chi connectivity index (χ1n) is 9.50. The Balaban J connectivity index is 2.02. The number of benzene rings is 2. The van der Waals surface area contributed by atoms with Crippen molar-refractivity contribution in [2.45, 2.75) is 20.4 Å². The highest BCUT2D eigenvalue weighted by Gasteiger charge is 2.26. The summed E-state index contributed by atoms with van der Waals surface area (Å²) in [6.07, 6.45) is -0.817. The van der Waals surface area contributed by atoms with Crippen molar-refractivity contribution in [2.75, 3.05) is 25.1 Å². The Bertz CT molecular complexity index is 1000. The van der Waals surface area contributed by atoms with Gasteiger partial charge in [-0.3, -0.25) is 15.2 Å². The van der Waals surface area contributed by atoms with Crippen molar-refractivity contribution in [1.29, 1.82) is 0 Å². The van der Waals surface area contributed by atoms with Crippen LogP contribution in [0.3, 0.4) is 0 Å². The zero-order valence-corrected chi connectivity index (χ0v) is 17.1. The number of hydrogen-bond donors (Lipinski definition) is 2. The molecule has 3 rings (SSSR count). The molecule has 0 aromatic heterocycles. The van der Waals surface area contributed by atoms with Gasteiger partial charge in [-0.05, 0) is 37.6 Å². The second-order valence-electron chi connectivity index (χ2n) is 6.69. The highest BCUT2D eigenvalue weighted by molar-refractivity contribution is 5.78. The average molecular weight is 437 g/mol. The first-order chi connectivity index (χ1) is 14.8. The first-order valence-corrected chi connectivity index (χ1v) is 9.50. The van der Waals surface area contributed by atoms with Crippen molar-refractivity contribution in [3.8, 4) is 0 Å². The number of ether oxygens (including phenoxy) is 1. The van der Waals surface area contributed by atoms with Gasteiger partial charge in [0.2, 0.25) is 0 Å². The number of aryl methyl sites for hydroxylation is 1. The van der Waals surface area contributed by atoms with Gasteiger partial charge in [-0.1, -0.05) is 12.6 Å². The van der Waals surface area contributed by atoms with Crippen LogP contribution in [-0.4, -0.2) is 31.0 Å². The maximum Gasteiger partial charge on any atom is 0.434 e. The largest absolute Gasteiger partial charge is 0.445 e. The van der Waals surface area contributed by atoms with Crippen molar-refractivity contribution in [3.05, 3.63) is 65.0 Å². The molecular weight excluding hydrogens is 415 g/mol. The molecule has 1 aliphatic heterocycles.